The molecule has 0 spiro atoms. The molecular formula is C33H32F8O6. The number of rotatable bonds is 16. The SMILES string of the molecule is CCCC[C@H](C)OC(=O)c1ccc(-c2ccc(OC(=O)c3ccc(OCCCOCC(F)(F)C(F)(F)C(F)(F)F)cc3F)cc2)cc1. The second kappa shape index (κ2) is 16.1. The number of carbonyl (C=O) groups excluding carboxylic acids is 2. The van der Waals surface area contributed by atoms with Gasteiger partial charge in [0.25, 0.3) is 0 Å². The van der Waals surface area contributed by atoms with Crippen LogP contribution in [0.4, 0.5) is 35.1 Å². The lowest BCUT2D eigenvalue weighted by atomic mass is 10.0. The van der Waals surface area contributed by atoms with Crippen molar-refractivity contribution in [1.29, 1.82) is 0 Å². The van der Waals surface area contributed by atoms with Crippen molar-refractivity contribution >= 4 is 11.9 Å². The van der Waals surface area contributed by atoms with Crippen LogP contribution in [0.15, 0.2) is 66.7 Å². The smallest absolute Gasteiger partial charge is 0.459 e. The Morgan fingerprint density at radius 2 is 1.36 bits per heavy atom. The Bertz CT molecular complexity index is 1470. The summed E-state index contributed by atoms with van der Waals surface area (Å²) in [6.45, 7) is 0.805. The molecule has 0 aliphatic rings. The van der Waals surface area contributed by atoms with Crippen LogP contribution in [-0.4, -0.2) is 55.9 Å². The predicted molar refractivity (Wildman–Crippen MR) is 155 cm³/mol. The lowest BCUT2D eigenvalue weighted by Crippen LogP contribution is -2.54. The van der Waals surface area contributed by atoms with E-state index in [1.807, 2.05) is 6.92 Å². The molecule has 0 aliphatic heterocycles. The lowest BCUT2D eigenvalue weighted by molar-refractivity contribution is -0.361. The van der Waals surface area contributed by atoms with E-state index in [0.29, 0.717) is 5.56 Å². The zero-order chi connectivity index (χ0) is 34.8. The molecule has 0 saturated heterocycles. The topological polar surface area (TPSA) is 71.1 Å². The number of alkyl halides is 7. The molecule has 47 heavy (non-hydrogen) atoms. The molecule has 0 bridgehead atoms. The highest BCUT2D eigenvalue weighted by Crippen LogP contribution is 2.46. The van der Waals surface area contributed by atoms with Gasteiger partial charge < -0.3 is 18.9 Å². The van der Waals surface area contributed by atoms with Crippen LogP contribution in [0.3, 0.4) is 0 Å². The molecular weight excluding hydrogens is 644 g/mol. The van der Waals surface area contributed by atoms with E-state index in [9.17, 15) is 44.7 Å². The van der Waals surface area contributed by atoms with Crippen LogP contribution in [0, 0.1) is 5.82 Å². The first kappa shape index (κ1) is 37.3. The number of esters is 2. The minimum absolute atomic E-state index is 0.0809. The third-order valence-electron chi connectivity index (χ3n) is 6.75. The van der Waals surface area contributed by atoms with Crippen LogP contribution in [-0.2, 0) is 9.47 Å². The van der Waals surface area contributed by atoms with Crippen molar-refractivity contribution in [1.82, 2.24) is 0 Å². The van der Waals surface area contributed by atoms with E-state index >= 15 is 0 Å². The highest BCUT2D eigenvalue weighted by atomic mass is 19.4. The van der Waals surface area contributed by atoms with Gasteiger partial charge in [-0.3, -0.25) is 0 Å². The van der Waals surface area contributed by atoms with Crippen LogP contribution in [0.5, 0.6) is 11.5 Å². The predicted octanol–water partition coefficient (Wildman–Crippen LogP) is 9.07. The first-order valence-electron chi connectivity index (χ1n) is 14.5. The quantitative estimate of drug-likeness (QED) is 0.0653. The largest absolute Gasteiger partial charge is 0.493 e. The molecule has 0 heterocycles. The molecule has 0 N–H and O–H groups in total. The molecule has 3 aromatic carbocycles. The van der Waals surface area contributed by atoms with Crippen molar-refractivity contribution < 1.29 is 63.7 Å². The molecule has 3 rings (SSSR count). The second-order valence-electron chi connectivity index (χ2n) is 10.5. The molecule has 0 radical (unpaired) electrons. The highest BCUT2D eigenvalue weighted by Gasteiger charge is 2.72. The van der Waals surface area contributed by atoms with Gasteiger partial charge in [0.05, 0.1) is 30.4 Å². The number of benzene rings is 3. The van der Waals surface area contributed by atoms with E-state index in [0.717, 1.165) is 42.5 Å². The summed E-state index contributed by atoms with van der Waals surface area (Å²) in [5.41, 5.74) is 1.53. The van der Waals surface area contributed by atoms with Gasteiger partial charge in [-0.1, -0.05) is 44.0 Å². The number of halogens is 8. The fourth-order valence-electron chi connectivity index (χ4n) is 4.08. The van der Waals surface area contributed by atoms with E-state index in [2.05, 4.69) is 11.7 Å². The summed E-state index contributed by atoms with van der Waals surface area (Å²) in [5, 5.41) is 0. The summed E-state index contributed by atoms with van der Waals surface area (Å²) in [5.74, 6) is -14.1. The molecule has 0 unspecified atom stereocenters. The first-order chi connectivity index (χ1) is 22.1. The van der Waals surface area contributed by atoms with Gasteiger partial charge in [-0.25, -0.2) is 14.0 Å². The Kier molecular flexibility index (Phi) is 12.7. The maximum absolute atomic E-state index is 14.6. The Balaban J connectivity index is 1.47. The molecule has 6 nitrogen and oxygen atoms in total. The van der Waals surface area contributed by atoms with E-state index in [1.165, 1.54) is 18.2 Å². The third kappa shape index (κ3) is 10.1. The standard InChI is InChI=1S/C33H32F8O6/c1-3-4-6-21(2)46-29(42)24-9-7-22(8-10-24)23-11-13-25(14-12-23)47-30(43)27-16-15-26(19-28(27)34)45-18-5-17-44-20-31(35,36)32(37,38)33(39,40)41/h7-16,19,21H,3-6,17-18,20H2,1-2H3/t21-/m0/s1. The monoisotopic (exact) mass is 676 g/mol. The van der Waals surface area contributed by atoms with E-state index in [4.69, 9.17) is 14.2 Å². The van der Waals surface area contributed by atoms with Crippen LogP contribution >= 0.6 is 0 Å². The van der Waals surface area contributed by atoms with Gasteiger partial charge in [0.15, 0.2) is 0 Å². The highest BCUT2D eigenvalue weighted by molar-refractivity contribution is 5.92. The van der Waals surface area contributed by atoms with Crippen LogP contribution in [0.2, 0.25) is 0 Å². The zero-order valence-electron chi connectivity index (χ0n) is 25.4. The third-order valence-corrected chi connectivity index (χ3v) is 6.75. The fraction of sp³-hybridized carbons (Fsp3) is 0.394. The van der Waals surface area contributed by atoms with Gasteiger partial charge in [0.2, 0.25) is 0 Å². The molecule has 3 aromatic rings. The van der Waals surface area contributed by atoms with Crippen molar-refractivity contribution in [3.63, 3.8) is 0 Å². The maximum atomic E-state index is 14.6. The summed E-state index contributed by atoms with van der Waals surface area (Å²) < 4.78 is 123. The number of hydrogen-bond donors (Lipinski definition) is 0. The lowest BCUT2D eigenvalue weighted by Gasteiger charge is -2.27. The van der Waals surface area contributed by atoms with Crippen molar-refractivity contribution in [2.45, 2.75) is 63.7 Å². The Hall–Kier alpha value is -4.20. The minimum atomic E-state index is -6.45. The van der Waals surface area contributed by atoms with Crippen LogP contribution < -0.4 is 9.47 Å². The molecule has 0 fully saturated rings. The van der Waals surface area contributed by atoms with E-state index in [1.54, 1.807) is 36.4 Å². The number of ether oxygens (including phenoxy) is 4. The van der Waals surface area contributed by atoms with Gasteiger partial charge in [0, 0.05) is 12.5 Å². The summed E-state index contributed by atoms with van der Waals surface area (Å²) in [6.07, 6.45) is -4.08. The first-order valence-corrected chi connectivity index (χ1v) is 14.5. The summed E-state index contributed by atoms with van der Waals surface area (Å²) in [7, 11) is 0. The second-order valence-corrected chi connectivity index (χ2v) is 10.5. The van der Waals surface area contributed by atoms with Crippen molar-refractivity contribution in [3.05, 3.63) is 83.7 Å². The molecule has 14 heteroatoms. The average molecular weight is 677 g/mol. The zero-order valence-corrected chi connectivity index (χ0v) is 25.4. The van der Waals surface area contributed by atoms with Gasteiger partial charge in [-0.15, -0.1) is 0 Å². The van der Waals surface area contributed by atoms with Gasteiger partial charge in [-0.2, -0.15) is 30.7 Å². The minimum Gasteiger partial charge on any atom is -0.493 e. The van der Waals surface area contributed by atoms with Crippen molar-refractivity contribution in [3.8, 4) is 22.6 Å². The van der Waals surface area contributed by atoms with Gasteiger partial charge >= 0.3 is 30.0 Å². The van der Waals surface area contributed by atoms with Gasteiger partial charge in [-0.05, 0) is 60.9 Å². The van der Waals surface area contributed by atoms with Gasteiger partial charge in [0.1, 0.15) is 23.9 Å². The molecule has 256 valence electrons. The molecule has 1 atom stereocenters. The van der Waals surface area contributed by atoms with Crippen molar-refractivity contribution in [2.75, 3.05) is 19.8 Å². The Labute approximate surface area is 265 Å². The molecule has 0 amide bonds. The van der Waals surface area contributed by atoms with Crippen LogP contribution in [0.1, 0.15) is 60.2 Å². The average Bonchev–Trinajstić information content (AvgIpc) is 3.01. The summed E-state index contributed by atoms with van der Waals surface area (Å²) in [6, 6.07) is 16.3. The summed E-state index contributed by atoms with van der Waals surface area (Å²) >= 11 is 0. The Morgan fingerprint density at radius 1 is 0.766 bits per heavy atom. The Morgan fingerprint density at radius 3 is 1.94 bits per heavy atom. The fourth-order valence-corrected chi connectivity index (χ4v) is 4.08. The molecule has 0 aromatic heterocycles. The molecule has 0 saturated carbocycles. The van der Waals surface area contributed by atoms with E-state index < -0.39 is 54.6 Å². The van der Waals surface area contributed by atoms with Crippen molar-refractivity contribution in [2.24, 2.45) is 0 Å². The summed E-state index contributed by atoms with van der Waals surface area (Å²) in [4.78, 5) is 24.9. The number of hydrogen-bond acceptors (Lipinski definition) is 6. The number of carbonyl (C=O) groups is 2. The van der Waals surface area contributed by atoms with Crippen LogP contribution in [0.25, 0.3) is 11.1 Å². The molecule has 0 aliphatic carbocycles. The maximum Gasteiger partial charge on any atom is 0.459 e. The van der Waals surface area contributed by atoms with E-state index in [-0.39, 0.29) is 30.6 Å². The normalized spacial score (nSPS) is 12.8. The number of unbranched alkanes of at least 4 members (excludes halogenated alkanes) is 1.